The van der Waals surface area contributed by atoms with E-state index in [1.807, 2.05) is 6.92 Å². The van der Waals surface area contributed by atoms with Crippen molar-refractivity contribution in [1.82, 2.24) is 14.1 Å². The first kappa shape index (κ1) is 15.8. The summed E-state index contributed by atoms with van der Waals surface area (Å²) in [4.78, 5) is 38.8. The molecule has 0 bridgehead atoms. The quantitative estimate of drug-likeness (QED) is 0.910. The Morgan fingerprint density at radius 1 is 1.14 bits per heavy atom. The predicted octanol–water partition coefficient (Wildman–Crippen LogP) is 0.841. The Labute approximate surface area is 126 Å². The minimum absolute atomic E-state index is 0.343. The molecule has 1 N–H and O–H groups in total. The third-order valence-electron chi connectivity index (χ3n) is 3.06. The van der Waals surface area contributed by atoms with Crippen LogP contribution in [0.1, 0.15) is 27.7 Å². The van der Waals surface area contributed by atoms with Gasteiger partial charge in [0.15, 0.2) is 0 Å². The van der Waals surface area contributed by atoms with E-state index in [1.54, 1.807) is 45.0 Å². The molecule has 118 valence electrons. The summed E-state index contributed by atoms with van der Waals surface area (Å²) in [5.41, 5.74) is -2.59. The van der Waals surface area contributed by atoms with E-state index in [0.717, 1.165) is 9.13 Å². The maximum absolute atomic E-state index is 12.6. The van der Waals surface area contributed by atoms with E-state index in [0.29, 0.717) is 18.0 Å². The van der Waals surface area contributed by atoms with Crippen LogP contribution in [-0.2, 0) is 5.54 Å². The molecule has 1 aromatic heterocycles. The maximum Gasteiger partial charge on any atom is 0.341 e. The summed E-state index contributed by atoms with van der Waals surface area (Å²) >= 11 is 0. The van der Waals surface area contributed by atoms with E-state index >= 15 is 0 Å². The molecule has 7 heteroatoms. The van der Waals surface area contributed by atoms with E-state index in [-0.39, 0.29) is 0 Å². The Morgan fingerprint density at radius 2 is 1.82 bits per heavy atom. The van der Waals surface area contributed by atoms with Crippen LogP contribution in [0, 0.1) is 0 Å². The monoisotopic (exact) mass is 305 g/mol. The van der Waals surface area contributed by atoms with E-state index in [1.165, 1.54) is 0 Å². The van der Waals surface area contributed by atoms with Crippen LogP contribution in [0.15, 0.2) is 38.6 Å². The van der Waals surface area contributed by atoms with Crippen LogP contribution in [0.4, 0.5) is 0 Å². The van der Waals surface area contributed by atoms with Gasteiger partial charge in [0.1, 0.15) is 5.75 Å². The summed E-state index contributed by atoms with van der Waals surface area (Å²) in [6, 6.07) is 6.60. The number of hydrogen-bond acceptors (Lipinski definition) is 4. The number of nitrogens with one attached hydrogen (secondary N) is 1. The third kappa shape index (κ3) is 2.88. The van der Waals surface area contributed by atoms with Crippen molar-refractivity contribution in [3.05, 3.63) is 55.7 Å². The van der Waals surface area contributed by atoms with Crippen molar-refractivity contribution >= 4 is 0 Å². The van der Waals surface area contributed by atoms with Crippen LogP contribution < -0.4 is 21.8 Å². The minimum Gasteiger partial charge on any atom is -0.494 e. The lowest BCUT2D eigenvalue weighted by atomic mass is 10.1. The van der Waals surface area contributed by atoms with E-state index in [4.69, 9.17) is 4.74 Å². The highest BCUT2D eigenvalue weighted by Crippen LogP contribution is 2.15. The molecule has 0 fully saturated rings. The van der Waals surface area contributed by atoms with Crippen LogP contribution in [0.5, 0.6) is 5.75 Å². The second-order valence-electron chi connectivity index (χ2n) is 5.79. The van der Waals surface area contributed by atoms with Crippen molar-refractivity contribution in [2.75, 3.05) is 6.61 Å². The third-order valence-corrected chi connectivity index (χ3v) is 3.06. The average molecular weight is 305 g/mol. The SMILES string of the molecule is CCOc1cccc(-n2c(=O)[nH]c(=O)n(C(C)(C)C)c2=O)c1. The van der Waals surface area contributed by atoms with Gasteiger partial charge in [0.05, 0.1) is 12.3 Å². The van der Waals surface area contributed by atoms with Crippen molar-refractivity contribution in [3.8, 4) is 11.4 Å². The molecule has 0 amide bonds. The van der Waals surface area contributed by atoms with Crippen LogP contribution in [0.2, 0.25) is 0 Å². The molecule has 0 atom stereocenters. The van der Waals surface area contributed by atoms with Gasteiger partial charge < -0.3 is 4.74 Å². The van der Waals surface area contributed by atoms with Crippen LogP contribution >= 0.6 is 0 Å². The molecule has 0 spiro atoms. The number of hydrogen-bond donors (Lipinski definition) is 1. The summed E-state index contributed by atoms with van der Waals surface area (Å²) in [6.45, 7) is 7.46. The molecule has 7 nitrogen and oxygen atoms in total. The van der Waals surface area contributed by atoms with Gasteiger partial charge in [0.25, 0.3) is 0 Å². The smallest absolute Gasteiger partial charge is 0.341 e. The maximum atomic E-state index is 12.6. The number of H-pyrrole nitrogens is 1. The Balaban J connectivity index is 2.77. The lowest BCUT2D eigenvalue weighted by molar-refractivity contribution is 0.339. The Kier molecular flexibility index (Phi) is 4.07. The standard InChI is InChI=1S/C15H19N3O4/c1-5-22-11-8-6-7-10(9-11)17-12(19)16-13(20)18(14(17)21)15(2,3)4/h6-9H,5H2,1-4H3,(H,16,19,20). The molecule has 2 aromatic rings. The minimum atomic E-state index is -0.774. The number of aromatic nitrogens is 3. The number of ether oxygens (including phenoxy) is 1. The van der Waals surface area contributed by atoms with Gasteiger partial charge in [-0.25, -0.2) is 23.5 Å². The average Bonchev–Trinajstić information content (AvgIpc) is 2.37. The molecule has 0 saturated heterocycles. The molecule has 1 aromatic carbocycles. The van der Waals surface area contributed by atoms with Gasteiger partial charge >= 0.3 is 17.1 Å². The number of rotatable bonds is 3. The lowest BCUT2D eigenvalue weighted by Gasteiger charge is -2.21. The Hall–Kier alpha value is -2.57. The molecule has 0 aliphatic rings. The van der Waals surface area contributed by atoms with E-state index in [2.05, 4.69) is 4.98 Å². The van der Waals surface area contributed by atoms with Gasteiger partial charge in [-0.05, 0) is 39.8 Å². The fourth-order valence-corrected chi connectivity index (χ4v) is 2.18. The van der Waals surface area contributed by atoms with Gasteiger partial charge in [0.2, 0.25) is 0 Å². The van der Waals surface area contributed by atoms with Crippen molar-refractivity contribution < 1.29 is 4.74 Å². The highest BCUT2D eigenvalue weighted by Gasteiger charge is 2.21. The topological polar surface area (TPSA) is 86.1 Å². The molecule has 0 aliphatic carbocycles. The van der Waals surface area contributed by atoms with Crippen molar-refractivity contribution in [2.45, 2.75) is 33.2 Å². The molecule has 0 saturated carbocycles. The summed E-state index contributed by atoms with van der Waals surface area (Å²) in [5, 5.41) is 0. The van der Waals surface area contributed by atoms with Crippen molar-refractivity contribution in [1.29, 1.82) is 0 Å². The number of nitrogens with zero attached hydrogens (tertiary/aromatic N) is 2. The normalized spacial score (nSPS) is 11.5. The van der Waals surface area contributed by atoms with E-state index < -0.39 is 22.6 Å². The molecular weight excluding hydrogens is 286 g/mol. The molecular formula is C15H19N3O4. The summed E-state index contributed by atoms with van der Waals surface area (Å²) in [6.07, 6.45) is 0. The summed E-state index contributed by atoms with van der Waals surface area (Å²) in [5.74, 6) is 0.541. The van der Waals surface area contributed by atoms with Gasteiger partial charge in [0, 0.05) is 11.6 Å². The highest BCUT2D eigenvalue weighted by atomic mass is 16.5. The summed E-state index contributed by atoms with van der Waals surface area (Å²) < 4.78 is 7.31. The Morgan fingerprint density at radius 3 is 2.41 bits per heavy atom. The fraction of sp³-hybridized carbons (Fsp3) is 0.400. The molecule has 0 unspecified atom stereocenters. The molecule has 0 radical (unpaired) electrons. The molecule has 1 heterocycles. The first-order valence-electron chi connectivity index (χ1n) is 6.98. The zero-order valence-electron chi connectivity index (χ0n) is 13.0. The zero-order valence-corrected chi connectivity index (χ0v) is 13.0. The van der Waals surface area contributed by atoms with Gasteiger partial charge in [-0.3, -0.25) is 4.98 Å². The first-order valence-corrected chi connectivity index (χ1v) is 6.98. The molecule has 2 rings (SSSR count). The molecule has 0 aliphatic heterocycles. The van der Waals surface area contributed by atoms with Crippen LogP contribution in [0.3, 0.4) is 0 Å². The lowest BCUT2D eigenvalue weighted by Crippen LogP contribution is -2.53. The number of aromatic amines is 1. The van der Waals surface area contributed by atoms with Gasteiger partial charge in [-0.15, -0.1) is 0 Å². The van der Waals surface area contributed by atoms with Gasteiger partial charge in [-0.1, -0.05) is 6.07 Å². The summed E-state index contributed by atoms with van der Waals surface area (Å²) in [7, 11) is 0. The van der Waals surface area contributed by atoms with E-state index in [9.17, 15) is 14.4 Å². The predicted molar refractivity (Wildman–Crippen MR) is 83.1 cm³/mol. The largest absolute Gasteiger partial charge is 0.494 e. The highest BCUT2D eigenvalue weighted by molar-refractivity contribution is 5.38. The zero-order chi connectivity index (χ0) is 16.5. The Bertz CT molecular complexity index is 853. The number of benzene rings is 1. The fourth-order valence-electron chi connectivity index (χ4n) is 2.18. The second kappa shape index (κ2) is 5.67. The van der Waals surface area contributed by atoms with Crippen LogP contribution in [0.25, 0.3) is 5.69 Å². The van der Waals surface area contributed by atoms with Crippen molar-refractivity contribution in [2.24, 2.45) is 0 Å². The molecule has 22 heavy (non-hydrogen) atoms. The second-order valence-corrected chi connectivity index (χ2v) is 5.79. The first-order chi connectivity index (χ1) is 10.3. The van der Waals surface area contributed by atoms with Gasteiger partial charge in [-0.2, -0.15) is 0 Å². The van der Waals surface area contributed by atoms with Crippen LogP contribution in [-0.4, -0.2) is 20.7 Å². The van der Waals surface area contributed by atoms with Crippen molar-refractivity contribution in [3.63, 3.8) is 0 Å².